The number of carbonyl (C=O) groups is 4. The number of benzene rings is 1. The zero-order chi connectivity index (χ0) is 19.9. The second-order valence-corrected chi connectivity index (χ2v) is 5.88. The molecular weight excluding hydrogens is 376 g/mol. The molecule has 11 heteroatoms. The number of ether oxygens (including phenoxy) is 1. The molecule has 2 aliphatic rings. The smallest absolute Gasteiger partial charge is 0.381 e. The van der Waals surface area contributed by atoms with Gasteiger partial charge in [0.1, 0.15) is 6.04 Å². The van der Waals surface area contributed by atoms with Crippen molar-refractivity contribution in [1.82, 2.24) is 9.80 Å². The number of hydrogen-bond acceptors (Lipinski definition) is 6. The van der Waals surface area contributed by atoms with Crippen molar-refractivity contribution in [2.75, 3.05) is 6.54 Å². The summed E-state index contributed by atoms with van der Waals surface area (Å²) in [6, 6.07) is 2.41. The van der Waals surface area contributed by atoms with Crippen LogP contribution in [0, 0.1) is 0 Å². The molecule has 1 aromatic rings. The van der Waals surface area contributed by atoms with Crippen LogP contribution in [-0.2, 0) is 14.3 Å². The molecule has 0 aromatic heterocycles. The van der Waals surface area contributed by atoms with Gasteiger partial charge in [-0.2, -0.15) is 17.6 Å². The first kappa shape index (κ1) is 19.0. The second-order valence-electron chi connectivity index (χ2n) is 5.88. The Kier molecular flexibility index (Phi) is 4.96. The summed E-state index contributed by atoms with van der Waals surface area (Å²) in [6.07, 6.45) is -3.84. The Labute approximate surface area is 149 Å². The maximum absolute atomic E-state index is 13.3. The maximum Gasteiger partial charge on any atom is 0.381 e. The van der Waals surface area contributed by atoms with Crippen LogP contribution >= 0.6 is 0 Å². The predicted octanol–water partition coefficient (Wildman–Crippen LogP) is 1.28. The van der Waals surface area contributed by atoms with Crippen molar-refractivity contribution < 1.29 is 41.5 Å². The molecule has 0 spiro atoms. The van der Waals surface area contributed by atoms with Gasteiger partial charge in [0.05, 0.1) is 17.2 Å². The molecule has 144 valence electrons. The van der Waals surface area contributed by atoms with Crippen LogP contribution in [0.4, 0.5) is 17.6 Å². The monoisotopic (exact) mass is 388 g/mol. The number of rotatable bonds is 4. The van der Waals surface area contributed by atoms with E-state index in [-0.39, 0.29) is 17.5 Å². The maximum atomic E-state index is 13.3. The molecule has 0 saturated carbocycles. The van der Waals surface area contributed by atoms with Crippen LogP contribution < -0.4 is 0 Å². The highest BCUT2D eigenvalue weighted by Gasteiger charge is 2.52. The fourth-order valence-corrected chi connectivity index (χ4v) is 3.29. The summed E-state index contributed by atoms with van der Waals surface area (Å²) < 4.78 is 55.1. The Bertz CT molecular complexity index is 781. The minimum atomic E-state index is -3.63. The van der Waals surface area contributed by atoms with Crippen LogP contribution in [0.15, 0.2) is 24.3 Å². The van der Waals surface area contributed by atoms with E-state index in [0.29, 0.717) is 9.80 Å². The molecule has 2 heterocycles. The highest BCUT2D eigenvalue weighted by atomic mass is 19.3. The summed E-state index contributed by atoms with van der Waals surface area (Å²) in [4.78, 5) is 49.1. The van der Waals surface area contributed by atoms with Gasteiger partial charge in [-0.1, -0.05) is 12.1 Å². The van der Waals surface area contributed by atoms with E-state index in [9.17, 15) is 36.7 Å². The molecule has 1 aromatic carbocycles. The van der Waals surface area contributed by atoms with Crippen molar-refractivity contribution in [3.8, 4) is 0 Å². The van der Waals surface area contributed by atoms with E-state index >= 15 is 0 Å². The normalized spacial score (nSPS) is 22.7. The quantitative estimate of drug-likeness (QED) is 0.254. The summed E-state index contributed by atoms with van der Waals surface area (Å²) in [5.74, 6) is -5.45. The molecule has 3 rings (SSSR count). The first-order valence-electron chi connectivity index (χ1n) is 7.78. The average molecular weight is 388 g/mol. The van der Waals surface area contributed by atoms with E-state index in [1.54, 1.807) is 0 Å². The van der Waals surface area contributed by atoms with Crippen molar-refractivity contribution in [3.63, 3.8) is 0 Å². The third-order valence-electron chi connectivity index (χ3n) is 4.43. The fourth-order valence-electron chi connectivity index (χ4n) is 3.29. The number of fused-ring (bicyclic) bond motifs is 1. The van der Waals surface area contributed by atoms with Gasteiger partial charge in [-0.15, -0.1) is 0 Å². The van der Waals surface area contributed by atoms with Crippen LogP contribution in [0.1, 0.15) is 27.1 Å². The number of nitrogens with zero attached hydrogens (tertiary/aromatic N) is 2. The summed E-state index contributed by atoms with van der Waals surface area (Å²) >= 11 is 0. The minimum absolute atomic E-state index is 0.0359. The van der Waals surface area contributed by atoms with Crippen molar-refractivity contribution in [2.45, 2.75) is 31.5 Å². The molecular formula is C16H12F4N2O5. The largest absolute Gasteiger partial charge is 0.388 e. The summed E-state index contributed by atoms with van der Waals surface area (Å²) in [6.45, 7) is -3.59. The molecule has 0 bridgehead atoms. The van der Waals surface area contributed by atoms with Crippen LogP contribution in [0.5, 0.6) is 0 Å². The lowest BCUT2D eigenvalue weighted by molar-refractivity contribution is -0.174. The zero-order valence-electron chi connectivity index (χ0n) is 13.5. The van der Waals surface area contributed by atoms with Gasteiger partial charge >= 0.3 is 18.4 Å². The van der Waals surface area contributed by atoms with Crippen LogP contribution in [-0.4, -0.2) is 65.2 Å². The van der Waals surface area contributed by atoms with Crippen molar-refractivity contribution in [2.24, 2.45) is 0 Å². The van der Waals surface area contributed by atoms with E-state index in [0.717, 1.165) is 0 Å². The van der Waals surface area contributed by atoms with Gasteiger partial charge in [0.2, 0.25) is 0 Å². The van der Waals surface area contributed by atoms with Gasteiger partial charge in [-0.05, 0) is 18.6 Å². The number of carbonyl (C=O) groups excluding carboxylic acids is 4. The molecule has 0 radical (unpaired) electrons. The van der Waals surface area contributed by atoms with E-state index < -0.39 is 55.4 Å². The van der Waals surface area contributed by atoms with E-state index in [4.69, 9.17) is 0 Å². The molecule has 2 atom stereocenters. The van der Waals surface area contributed by atoms with Crippen molar-refractivity contribution >= 4 is 23.8 Å². The second kappa shape index (κ2) is 7.06. The molecule has 1 fully saturated rings. The van der Waals surface area contributed by atoms with Gasteiger partial charge in [-0.3, -0.25) is 14.5 Å². The van der Waals surface area contributed by atoms with Crippen LogP contribution in [0.25, 0.3) is 0 Å². The number of halogens is 4. The standard InChI is InChI=1S/C16H12F4N2O5/c17-11(18)15(26)27-14(25)10-9(5-6-21(10)16(19)20)22-12(23)7-3-1-2-4-8(7)13(22)24/h1-4,9-11,16H,5-6H2. The summed E-state index contributed by atoms with van der Waals surface area (Å²) in [5, 5.41) is 0. The molecule has 7 nitrogen and oxygen atoms in total. The Balaban J connectivity index is 1.92. The Morgan fingerprint density at radius 2 is 1.59 bits per heavy atom. The lowest BCUT2D eigenvalue weighted by Gasteiger charge is -2.29. The number of amides is 2. The Morgan fingerprint density at radius 3 is 2.07 bits per heavy atom. The third kappa shape index (κ3) is 3.18. The van der Waals surface area contributed by atoms with E-state index in [1.807, 2.05) is 0 Å². The highest BCUT2D eigenvalue weighted by molar-refractivity contribution is 6.21. The molecule has 1 saturated heterocycles. The first-order chi connectivity index (χ1) is 12.7. The van der Waals surface area contributed by atoms with Gasteiger partial charge < -0.3 is 4.74 Å². The van der Waals surface area contributed by atoms with Crippen LogP contribution in [0.2, 0.25) is 0 Å². The van der Waals surface area contributed by atoms with Crippen molar-refractivity contribution in [3.05, 3.63) is 35.4 Å². The number of alkyl halides is 4. The fraction of sp³-hybridized carbons (Fsp3) is 0.375. The lowest BCUT2D eigenvalue weighted by Crippen LogP contribution is -2.53. The van der Waals surface area contributed by atoms with Gasteiger partial charge in [-0.25, -0.2) is 14.5 Å². The van der Waals surface area contributed by atoms with Crippen LogP contribution in [0.3, 0.4) is 0 Å². The first-order valence-corrected chi connectivity index (χ1v) is 7.78. The topological polar surface area (TPSA) is 84.0 Å². The van der Waals surface area contributed by atoms with Gasteiger partial charge in [0.25, 0.3) is 18.4 Å². The number of imide groups is 1. The van der Waals surface area contributed by atoms with E-state index in [2.05, 4.69) is 4.74 Å². The van der Waals surface area contributed by atoms with Gasteiger partial charge in [0, 0.05) is 6.54 Å². The number of esters is 2. The van der Waals surface area contributed by atoms with Crippen molar-refractivity contribution in [1.29, 1.82) is 0 Å². The predicted molar refractivity (Wildman–Crippen MR) is 78.9 cm³/mol. The Morgan fingerprint density at radius 1 is 1.04 bits per heavy atom. The molecule has 27 heavy (non-hydrogen) atoms. The zero-order valence-corrected chi connectivity index (χ0v) is 13.5. The molecule has 2 aliphatic heterocycles. The molecule has 0 N–H and O–H groups in total. The van der Waals surface area contributed by atoms with Gasteiger partial charge in [0.15, 0.2) is 0 Å². The molecule has 2 unspecified atom stereocenters. The average Bonchev–Trinajstić information content (AvgIpc) is 3.15. The minimum Gasteiger partial charge on any atom is -0.388 e. The number of likely N-dealkylation sites (tertiary alicyclic amines) is 1. The third-order valence-corrected chi connectivity index (χ3v) is 4.43. The number of hydrogen-bond donors (Lipinski definition) is 0. The lowest BCUT2D eigenvalue weighted by atomic mass is 10.1. The Hall–Kier alpha value is -2.82. The highest BCUT2D eigenvalue weighted by Crippen LogP contribution is 2.33. The molecule has 2 amide bonds. The summed E-state index contributed by atoms with van der Waals surface area (Å²) in [7, 11) is 0. The summed E-state index contributed by atoms with van der Waals surface area (Å²) in [5.41, 5.74) is 0.0718. The SMILES string of the molecule is O=C(OC(=O)C1C(N2C(=O)c3ccccc3C2=O)CCN1C(F)F)C(F)F. The molecule has 0 aliphatic carbocycles. The van der Waals surface area contributed by atoms with E-state index in [1.165, 1.54) is 24.3 Å².